The topological polar surface area (TPSA) is 13.0 Å². The number of halogens is 2. The van der Waals surface area contributed by atoms with Crippen LogP contribution in [0.25, 0.3) is 0 Å². The Kier molecular flexibility index (Phi) is 6.18. The maximum Gasteiger partial charge on any atom is 0.224 e. The third-order valence-electron chi connectivity index (χ3n) is 7.20. The average molecular weight is 604 g/mol. The molecule has 0 radical (unpaired) electrons. The zero-order valence-corrected chi connectivity index (χ0v) is 23.1. The van der Waals surface area contributed by atoms with Crippen LogP contribution in [-0.2, 0) is 0 Å². The monoisotopic (exact) mass is 602 g/mol. The van der Waals surface area contributed by atoms with Crippen LogP contribution >= 0.6 is 31.9 Å². The quantitative estimate of drug-likeness (QED) is 0.178. The Morgan fingerprint density at radius 2 is 0.556 bits per heavy atom. The summed E-state index contributed by atoms with van der Waals surface area (Å²) in [5.41, 5.74) is 4.72. The molecule has 6 rings (SSSR count). The van der Waals surface area contributed by atoms with Gasteiger partial charge in [-0.15, -0.1) is 0 Å². The molecular formula is C30H28Br2N4. The minimum absolute atomic E-state index is 0.648. The number of hydrogen-bond donors (Lipinski definition) is 0. The fourth-order valence-electron chi connectivity index (χ4n) is 5.60. The zero-order chi connectivity index (χ0) is 24.6. The van der Waals surface area contributed by atoms with E-state index >= 15 is 0 Å². The van der Waals surface area contributed by atoms with Crippen molar-refractivity contribution in [2.45, 2.75) is 9.14 Å². The molecule has 2 heterocycles. The second-order valence-corrected chi connectivity index (χ2v) is 11.3. The summed E-state index contributed by atoms with van der Waals surface area (Å²) in [4.78, 5) is 9.97. The Labute approximate surface area is 230 Å². The molecular weight excluding hydrogens is 576 g/mol. The SMILES string of the molecule is BrC1(C2(Br)N(c3ccccc3)CCN2c2ccccc2)N(c2ccccc2)CCN1c1ccccc1. The van der Waals surface area contributed by atoms with Gasteiger partial charge in [0.1, 0.15) is 0 Å². The average Bonchev–Trinajstić information content (AvgIpc) is 3.49. The van der Waals surface area contributed by atoms with E-state index in [0.717, 1.165) is 26.2 Å². The lowest BCUT2D eigenvalue weighted by molar-refractivity contribution is 0.461. The summed E-state index contributed by atoms with van der Waals surface area (Å²) in [7, 11) is 0. The predicted octanol–water partition coefficient (Wildman–Crippen LogP) is 7.14. The predicted molar refractivity (Wildman–Crippen MR) is 158 cm³/mol. The maximum atomic E-state index is 4.43. The Morgan fingerprint density at radius 3 is 0.750 bits per heavy atom. The molecule has 0 atom stereocenters. The fourth-order valence-corrected chi connectivity index (χ4v) is 7.99. The van der Waals surface area contributed by atoms with Gasteiger partial charge in [-0.1, -0.05) is 72.8 Å². The summed E-state index contributed by atoms with van der Waals surface area (Å²) < 4.78 is -1.30. The Balaban J connectivity index is 1.59. The summed E-state index contributed by atoms with van der Waals surface area (Å²) in [5, 5.41) is 0. The third kappa shape index (κ3) is 3.61. The molecule has 0 bridgehead atoms. The molecule has 0 N–H and O–H groups in total. The zero-order valence-electron chi connectivity index (χ0n) is 19.9. The van der Waals surface area contributed by atoms with E-state index in [1.54, 1.807) is 0 Å². The van der Waals surface area contributed by atoms with E-state index in [4.69, 9.17) is 0 Å². The van der Waals surface area contributed by atoms with Crippen LogP contribution in [0.1, 0.15) is 0 Å². The Bertz CT molecular complexity index is 1090. The Morgan fingerprint density at radius 1 is 0.361 bits per heavy atom. The van der Waals surface area contributed by atoms with E-state index in [-0.39, 0.29) is 0 Å². The van der Waals surface area contributed by atoms with E-state index in [2.05, 4.69) is 173 Å². The highest BCUT2D eigenvalue weighted by atomic mass is 79.9. The van der Waals surface area contributed by atoms with Crippen LogP contribution in [0.4, 0.5) is 22.7 Å². The Hall–Kier alpha value is -2.96. The molecule has 2 fully saturated rings. The van der Waals surface area contributed by atoms with E-state index in [1.165, 1.54) is 22.7 Å². The van der Waals surface area contributed by atoms with Crippen molar-refractivity contribution >= 4 is 54.6 Å². The van der Waals surface area contributed by atoms with E-state index in [1.807, 2.05) is 0 Å². The van der Waals surface area contributed by atoms with Gasteiger partial charge in [-0.05, 0) is 80.4 Å². The lowest BCUT2D eigenvalue weighted by Crippen LogP contribution is -2.72. The van der Waals surface area contributed by atoms with E-state index in [0.29, 0.717) is 0 Å². The molecule has 2 aliphatic heterocycles. The summed E-state index contributed by atoms with van der Waals surface area (Å²) in [6.45, 7) is 3.51. The van der Waals surface area contributed by atoms with Crippen molar-refractivity contribution in [3.05, 3.63) is 121 Å². The van der Waals surface area contributed by atoms with Crippen LogP contribution in [0.2, 0.25) is 0 Å². The van der Waals surface area contributed by atoms with Crippen molar-refractivity contribution in [2.75, 3.05) is 45.8 Å². The van der Waals surface area contributed by atoms with Crippen molar-refractivity contribution in [3.63, 3.8) is 0 Å². The highest BCUT2D eigenvalue weighted by Gasteiger charge is 2.67. The number of benzene rings is 4. The molecule has 0 saturated carbocycles. The second kappa shape index (κ2) is 9.49. The van der Waals surface area contributed by atoms with Gasteiger partial charge in [-0.2, -0.15) is 0 Å². The lowest BCUT2D eigenvalue weighted by Gasteiger charge is -2.56. The molecule has 2 aliphatic rings. The van der Waals surface area contributed by atoms with Crippen molar-refractivity contribution in [2.24, 2.45) is 0 Å². The van der Waals surface area contributed by atoms with Gasteiger partial charge in [0.15, 0.2) is 0 Å². The van der Waals surface area contributed by atoms with Gasteiger partial charge in [0, 0.05) is 48.9 Å². The molecule has 4 nitrogen and oxygen atoms in total. The minimum atomic E-state index is -0.648. The molecule has 6 heteroatoms. The van der Waals surface area contributed by atoms with Crippen LogP contribution in [0.5, 0.6) is 0 Å². The van der Waals surface area contributed by atoms with Gasteiger partial charge >= 0.3 is 0 Å². The van der Waals surface area contributed by atoms with Crippen molar-refractivity contribution in [3.8, 4) is 0 Å². The first-order valence-corrected chi connectivity index (χ1v) is 13.9. The van der Waals surface area contributed by atoms with Crippen LogP contribution in [-0.4, -0.2) is 35.3 Å². The second-order valence-electron chi connectivity index (χ2n) is 9.12. The number of alkyl halides is 2. The van der Waals surface area contributed by atoms with Crippen LogP contribution < -0.4 is 19.6 Å². The number of rotatable bonds is 5. The first-order valence-electron chi connectivity index (χ1n) is 12.3. The number of para-hydroxylation sites is 4. The van der Waals surface area contributed by atoms with Crippen LogP contribution in [0.15, 0.2) is 121 Å². The number of hydrogen-bond acceptors (Lipinski definition) is 4. The molecule has 0 unspecified atom stereocenters. The van der Waals surface area contributed by atoms with Crippen molar-refractivity contribution in [1.29, 1.82) is 0 Å². The van der Waals surface area contributed by atoms with Gasteiger partial charge in [0.05, 0.1) is 0 Å². The summed E-state index contributed by atoms with van der Waals surface area (Å²) in [5.74, 6) is 0. The first kappa shape index (κ1) is 23.4. The highest BCUT2D eigenvalue weighted by molar-refractivity contribution is 9.13. The largest absolute Gasteiger partial charge is 0.334 e. The summed E-state index contributed by atoms with van der Waals surface area (Å²) in [6.07, 6.45) is 0. The normalized spacial score (nSPS) is 18.6. The molecule has 36 heavy (non-hydrogen) atoms. The minimum Gasteiger partial charge on any atom is -0.334 e. The summed E-state index contributed by atoms with van der Waals surface area (Å²) >= 11 is 8.86. The van der Waals surface area contributed by atoms with Gasteiger partial charge in [0.25, 0.3) is 0 Å². The summed E-state index contributed by atoms with van der Waals surface area (Å²) in [6, 6.07) is 42.9. The van der Waals surface area contributed by atoms with Crippen LogP contribution in [0.3, 0.4) is 0 Å². The highest BCUT2D eigenvalue weighted by Crippen LogP contribution is 2.56. The molecule has 0 aromatic heterocycles. The van der Waals surface area contributed by atoms with Gasteiger partial charge in [0.2, 0.25) is 9.14 Å². The van der Waals surface area contributed by atoms with Crippen LogP contribution in [0, 0.1) is 0 Å². The van der Waals surface area contributed by atoms with Gasteiger partial charge in [-0.3, -0.25) is 0 Å². The molecule has 182 valence electrons. The van der Waals surface area contributed by atoms with Crippen molar-refractivity contribution in [1.82, 2.24) is 0 Å². The molecule has 0 amide bonds. The lowest BCUT2D eigenvalue weighted by atomic mass is 10.1. The fraction of sp³-hybridized carbons (Fsp3) is 0.200. The van der Waals surface area contributed by atoms with E-state index in [9.17, 15) is 0 Å². The smallest absolute Gasteiger partial charge is 0.224 e. The van der Waals surface area contributed by atoms with E-state index < -0.39 is 9.14 Å². The molecule has 4 aromatic rings. The van der Waals surface area contributed by atoms with Gasteiger partial charge < -0.3 is 19.6 Å². The molecule has 4 aromatic carbocycles. The third-order valence-corrected chi connectivity index (χ3v) is 10.6. The molecule has 0 aliphatic carbocycles. The molecule has 2 saturated heterocycles. The molecule has 0 spiro atoms. The number of nitrogens with zero attached hydrogens (tertiary/aromatic N) is 4. The number of anilines is 4. The standard InChI is InChI=1S/C30H28Br2N4/c31-29(33(25-13-5-1-6-14-25)21-22-34(29)26-15-7-2-8-16-26)30(32)35(27-17-9-3-10-18-27)23-24-36(30)28-19-11-4-12-20-28/h1-20H,21-24H2. The van der Waals surface area contributed by atoms with Gasteiger partial charge in [-0.25, -0.2) is 0 Å². The van der Waals surface area contributed by atoms with Crippen molar-refractivity contribution < 1.29 is 0 Å². The first-order chi connectivity index (χ1) is 17.6. The maximum absolute atomic E-state index is 4.43.